The molecular weight excluding hydrogens is 240 g/mol. The van der Waals surface area contributed by atoms with E-state index in [9.17, 15) is 0 Å². The lowest BCUT2D eigenvalue weighted by Gasteiger charge is -2.25. The van der Waals surface area contributed by atoms with Crippen LogP contribution in [0, 0.1) is 5.41 Å². The second kappa shape index (κ2) is 4.47. The van der Waals surface area contributed by atoms with Gasteiger partial charge in [0.2, 0.25) is 0 Å². The van der Waals surface area contributed by atoms with Gasteiger partial charge in [-0.25, -0.2) is 0 Å². The average Bonchev–Trinajstić information content (AvgIpc) is 2.45. The number of hydrogen-bond donors (Lipinski definition) is 0. The molecule has 0 aliphatic rings. The van der Waals surface area contributed by atoms with Gasteiger partial charge in [-0.05, 0) is 24.3 Å². The number of aromatic nitrogens is 2. The fourth-order valence-electron chi connectivity index (χ4n) is 1.30. The molecule has 1 rings (SSSR count). The average molecular weight is 259 g/mol. The zero-order valence-electron chi connectivity index (χ0n) is 9.42. The minimum absolute atomic E-state index is 0.328. The van der Waals surface area contributed by atoms with Crippen LogP contribution in [0.1, 0.15) is 32.9 Å². The Kier molecular flexibility index (Phi) is 3.76. The van der Waals surface area contributed by atoms with Crippen molar-refractivity contribution in [1.82, 2.24) is 9.78 Å². The van der Waals surface area contributed by atoms with Gasteiger partial charge in [0.1, 0.15) is 0 Å². The van der Waals surface area contributed by atoms with E-state index in [2.05, 4.69) is 47.9 Å². The van der Waals surface area contributed by atoms with E-state index in [1.807, 2.05) is 17.9 Å². The Morgan fingerprint density at radius 2 is 2.14 bits per heavy atom. The molecule has 1 unspecified atom stereocenters. The van der Waals surface area contributed by atoms with E-state index in [4.69, 9.17) is 0 Å². The summed E-state index contributed by atoms with van der Waals surface area (Å²) in [6.45, 7) is 6.76. The Bertz CT molecular complexity index is 286. The highest BCUT2D eigenvalue weighted by Crippen LogP contribution is 2.29. The molecule has 0 aromatic carbocycles. The maximum absolute atomic E-state index is 4.36. The highest BCUT2D eigenvalue weighted by molar-refractivity contribution is 9.09. The van der Waals surface area contributed by atoms with E-state index in [-0.39, 0.29) is 0 Å². The van der Waals surface area contributed by atoms with Crippen LogP contribution < -0.4 is 0 Å². The van der Waals surface area contributed by atoms with Crippen LogP contribution in [0.4, 0.5) is 0 Å². The summed E-state index contributed by atoms with van der Waals surface area (Å²) in [4.78, 5) is 0.553. The molecule has 0 saturated carbocycles. The maximum Gasteiger partial charge on any atom is 0.0624 e. The molecule has 3 heteroatoms. The van der Waals surface area contributed by atoms with E-state index in [1.54, 1.807) is 0 Å². The lowest BCUT2D eigenvalue weighted by molar-refractivity contribution is 0.385. The normalized spacial score (nSPS) is 14.4. The highest BCUT2D eigenvalue weighted by atomic mass is 79.9. The number of aryl methyl sites for hydroxylation is 2. The molecule has 0 N–H and O–H groups in total. The minimum atomic E-state index is 0.328. The fraction of sp³-hybridized carbons (Fsp3) is 0.727. The second-order valence-electron chi connectivity index (χ2n) is 4.85. The first-order valence-electron chi connectivity index (χ1n) is 5.02. The molecule has 2 nitrogen and oxygen atoms in total. The summed E-state index contributed by atoms with van der Waals surface area (Å²) in [6.07, 6.45) is 4.18. The number of nitrogens with zero attached hydrogens (tertiary/aromatic N) is 2. The lowest BCUT2D eigenvalue weighted by atomic mass is 9.89. The van der Waals surface area contributed by atoms with Crippen molar-refractivity contribution in [2.75, 3.05) is 0 Å². The van der Waals surface area contributed by atoms with Crippen LogP contribution in [0.3, 0.4) is 0 Å². The van der Waals surface area contributed by atoms with Crippen molar-refractivity contribution in [3.63, 3.8) is 0 Å². The Morgan fingerprint density at radius 1 is 1.50 bits per heavy atom. The van der Waals surface area contributed by atoms with Crippen molar-refractivity contribution in [3.8, 4) is 0 Å². The molecule has 0 aliphatic heterocycles. The monoisotopic (exact) mass is 258 g/mol. The van der Waals surface area contributed by atoms with Gasteiger partial charge in [0, 0.05) is 18.1 Å². The van der Waals surface area contributed by atoms with Crippen LogP contribution in [0.2, 0.25) is 0 Å². The molecule has 1 aromatic rings. The van der Waals surface area contributed by atoms with Crippen LogP contribution in [0.25, 0.3) is 0 Å². The van der Waals surface area contributed by atoms with Crippen LogP contribution in [0.15, 0.2) is 12.3 Å². The summed E-state index contributed by atoms with van der Waals surface area (Å²) in [5.41, 5.74) is 1.51. The van der Waals surface area contributed by atoms with Crippen LogP contribution in [0.5, 0.6) is 0 Å². The zero-order chi connectivity index (χ0) is 10.8. The van der Waals surface area contributed by atoms with Crippen molar-refractivity contribution in [2.24, 2.45) is 12.5 Å². The van der Waals surface area contributed by atoms with Gasteiger partial charge in [-0.2, -0.15) is 5.10 Å². The Morgan fingerprint density at radius 3 is 2.57 bits per heavy atom. The summed E-state index contributed by atoms with van der Waals surface area (Å²) in [5, 5.41) is 4.36. The highest BCUT2D eigenvalue weighted by Gasteiger charge is 2.21. The predicted octanol–water partition coefficient (Wildman–Crippen LogP) is 3.16. The predicted molar refractivity (Wildman–Crippen MR) is 63.7 cm³/mol. The third-order valence-corrected chi connectivity index (χ3v) is 4.19. The van der Waals surface area contributed by atoms with Gasteiger partial charge >= 0.3 is 0 Å². The van der Waals surface area contributed by atoms with Gasteiger partial charge in [0.25, 0.3) is 0 Å². The molecule has 1 atom stereocenters. The van der Waals surface area contributed by atoms with Gasteiger partial charge in [-0.1, -0.05) is 36.7 Å². The maximum atomic E-state index is 4.36. The summed E-state index contributed by atoms with van der Waals surface area (Å²) in [5.74, 6) is 0. The van der Waals surface area contributed by atoms with E-state index in [0.29, 0.717) is 10.2 Å². The summed E-state index contributed by atoms with van der Waals surface area (Å²) < 4.78 is 1.86. The van der Waals surface area contributed by atoms with Crippen molar-refractivity contribution in [3.05, 3.63) is 18.0 Å². The lowest BCUT2D eigenvalue weighted by Crippen LogP contribution is -2.20. The largest absolute Gasteiger partial charge is 0.276 e. The smallest absolute Gasteiger partial charge is 0.0624 e. The van der Waals surface area contributed by atoms with Crippen molar-refractivity contribution in [1.29, 1.82) is 0 Å². The Hall–Kier alpha value is -0.310. The van der Waals surface area contributed by atoms with E-state index >= 15 is 0 Å². The molecule has 14 heavy (non-hydrogen) atoms. The molecule has 80 valence electrons. The molecule has 1 heterocycles. The standard InChI is InChI=1S/C11H19BrN2/c1-11(2,3)10(12)6-5-9-7-8-14(4)13-9/h7-8,10H,5-6H2,1-4H3. The van der Waals surface area contributed by atoms with Crippen LogP contribution >= 0.6 is 15.9 Å². The summed E-state index contributed by atoms with van der Waals surface area (Å²) in [6, 6.07) is 2.09. The van der Waals surface area contributed by atoms with E-state index in [1.165, 1.54) is 5.69 Å². The number of alkyl halides is 1. The molecule has 0 saturated heterocycles. The zero-order valence-corrected chi connectivity index (χ0v) is 11.0. The third-order valence-electron chi connectivity index (χ3n) is 2.36. The van der Waals surface area contributed by atoms with Crippen LogP contribution in [-0.2, 0) is 13.5 Å². The third kappa shape index (κ3) is 3.45. The first-order valence-corrected chi connectivity index (χ1v) is 5.94. The molecule has 0 bridgehead atoms. The molecule has 0 amide bonds. The molecular formula is C11H19BrN2. The van der Waals surface area contributed by atoms with Gasteiger partial charge in [0.15, 0.2) is 0 Å². The topological polar surface area (TPSA) is 17.8 Å². The van der Waals surface area contributed by atoms with Crippen molar-refractivity contribution in [2.45, 2.75) is 38.4 Å². The molecule has 0 radical (unpaired) electrons. The van der Waals surface area contributed by atoms with Gasteiger partial charge in [-0.3, -0.25) is 4.68 Å². The van der Waals surface area contributed by atoms with Gasteiger partial charge in [-0.15, -0.1) is 0 Å². The fourth-order valence-corrected chi connectivity index (χ4v) is 1.53. The Labute approximate surface area is 94.8 Å². The van der Waals surface area contributed by atoms with E-state index < -0.39 is 0 Å². The Balaban J connectivity index is 2.41. The number of hydrogen-bond acceptors (Lipinski definition) is 1. The minimum Gasteiger partial charge on any atom is -0.276 e. The number of halogens is 1. The van der Waals surface area contributed by atoms with Crippen LogP contribution in [-0.4, -0.2) is 14.6 Å². The van der Waals surface area contributed by atoms with Gasteiger partial charge < -0.3 is 0 Å². The molecule has 1 aromatic heterocycles. The van der Waals surface area contributed by atoms with Crippen molar-refractivity contribution < 1.29 is 0 Å². The SMILES string of the molecule is Cn1ccc(CCC(Br)C(C)(C)C)n1. The summed E-state index contributed by atoms with van der Waals surface area (Å²) >= 11 is 3.73. The summed E-state index contributed by atoms with van der Waals surface area (Å²) in [7, 11) is 1.96. The first-order chi connectivity index (χ1) is 6.39. The molecule has 0 fully saturated rings. The quantitative estimate of drug-likeness (QED) is 0.762. The molecule has 0 aliphatic carbocycles. The van der Waals surface area contributed by atoms with Gasteiger partial charge in [0.05, 0.1) is 5.69 Å². The second-order valence-corrected chi connectivity index (χ2v) is 5.96. The molecule has 0 spiro atoms. The first kappa shape index (κ1) is 11.8. The number of rotatable bonds is 3. The van der Waals surface area contributed by atoms with Crippen molar-refractivity contribution >= 4 is 15.9 Å². The van der Waals surface area contributed by atoms with E-state index in [0.717, 1.165) is 12.8 Å².